The van der Waals surface area contributed by atoms with Crippen molar-refractivity contribution >= 4 is 5.97 Å². The van der Waals surface area contributed by atoms with Crippen LogP contribution in [0, 0.1) is 5.92 Å². The van der Waals surface area contributed by atoms with Gasteiger partial charge in [-0.25, -0.2) is 14.8 Å². The molecule has 0 aliphatic heterocycles. The van der Waals surface area contributed by atoms with Crippen LogP contribution in [0.25, 0.3) is 0 Å². The van der Waals surface area contributed by atoms with Crippen LogP contribution in [0.1, 0.15) is 48.2 Å². The molecule has 18 heavy (non-hydrogen) atoms. The van der Waals surface area contributed by atoms with E-state index in [2.05, 4.69) is 15.3 Å². The smallest absolute Gasteiger partial charge is 0.339 e. The van der Waals surface area contributed by atoms with Gasteiger partial charge in [-0.15, -0.1) is 0 Å². The Kier molecular flexibility index (Phi) is 4.64. The first-order valence-electron chi connectivity index (χ1n) is 6.50. The molecule has 5 nitrogen and oxygen atoms in total. The minimum atomic E-state index is -0.968. The van der Waals surface area contributed by atoms with Crippen molar-refractivity contribution in [3.05, 3.63) is 23.8 Å². The highest BCUT2D eigenvalue weighted by Gasteiger charge is 2.14. The Labute approximate surface area is 107 Å². The fourth-order valence-corrected chi connectivity index (χ4v) is 2.46. The number of nitrogens with one attached hydrogen (secondary N) is 1. The number of carboxylic acid groups (broad SMARTS) is 1. The Bertz CT molecular complexity index is 403. The zero-order valence-corrected chi connectivity index (χ0v) is 10.4. The van der Waals surface area contributed by atoms with Crippen LogP contribution in [0.15, 0.2) is 12.5 Å². The zero-order valence-electron chi connectivity index (χ0n) is 10.4. The van der Waals surface area contributed by atoms with Gasteiger partial charge in [-0.05, 0) is 25.3 Å². The molecule has 0 atom stereocenters. The molecule has 0 aromatic carbocycles. The van der Waals surface area contributed by atoms with Crippen molar-refractivity contribution in [2.45, 2.75) is 38.6 Å². The van der Waals surface area contributed by atoms with E-state index in [0.29, 0.717) is 12.2 Å². The van der Waals surface area contributed by atoms with Crippen LogP contribution in [0.4, 0.5) is 0 Å². The van der Waals surface area contributed by atoms with Crippen molar-refractivity contribution in [2.75, 3.05) is 6.54 Å². The second kappa shape index (κ2) is 6.44. The highest BCUT2D eigenvalue weighted by Crippen LogP contribution is 2.22. The summed E-state index contributed by atoms with van der Waals surface area (Å²) in [4.78, 5) is 18.8. The average Bonchev–Trinajstić information content (AvgIpc) is 2.40. The standard InChI is InChI=1S/C13H19N3O2/c17-13(18)11-7-15-9-16-12(11)8-14-6-10-4-2-1-3-5-10/h7,9-10,14H,1-6,8H2,(H,17,18). The van der Waals surface area contributed by atoms with E-state index in [4.69, 9.17) is 5.11 Å². The lowest BCUT2D eigenvalue weighted by Gasteiger charge is -2.21. The number of carboxylic acids is 1. The van der Waals surface area contributed by atoms with Crippen molar-refractivity contribution in [3.8, 4) is 0 Å². The van der Waals surface area contributed by atoms with Gasteiger partial charge in [0.05, 0.1) is 5.69 Å². The third kappa shape index (κ3) is 3.50. The normalized spacial score (nSPS) is 16.7. The van der Waals surface area contributed by atoms with Crippen LogP contribution in [-0.4, -0.2) is 27.6 Å². The van der Waals surface area contributed by atoms with Crippen molar-refractivity contribution in [1.29, 1.82) is 0 Å². The SMILES string of the molecule is O=C(O)c1cncnc1CNCC1CCCCC1. The first-order chi connectivity index (χ1) is 8.77. The minimum absolute atomic E-state index is 0.189. The van der Waals surface area contributed by atoms with E-state index in [-0.39, 0.29) is 5.56 Å². The summed E-state index contributed by atoms with van der Waals surface area (Å²) < 4.78 is 0. The number of rotatable bonds is 5. The third-order valence-electron chi connectivity index (χ3n) is 3.48. The Balaban J connectivity index is 1.84. The highest BCUT2D eigenvalue weighted by atomic mass is 16.4. The molecule has 0 unspecified atom stereocenters. The predicted molar refractivity (Wildman–Crippen MR) is 67.3 cm³/mol. The van der Waals surface area contributed by atoms with Crippen molar-refractivity contribution in [2.24, 2.45) is 5.92 Å². The van der Waals surface area contributed by atoms with Crippen molar-refractivity contribution in [3.63, 3.8) is 0 Å². The molecule has 1 aromatic heterocycles. The lowest BCUT2D eigenvalue weighted by Crippen LogP contribution is -2.25. The topological polar surface area (TPSA) is 75.1 Å². The molecular formula is C13H19N3O2. The third-order valence-corrected chi connectivity index (χ3v) is 3.48. The molecule has 0 bridgehead atoms. The number of hydrogen-bond acceptors (Lipinski definition) is 4. The molecule has 5 heteroatoms. The quantitative estimate of drug-likeness (QED) is 0.833. The van der Waals surface area contributed by atoms with E-state index in [1.807, 2.05) is 0 Å². The second-order valence-electron chi connectivity index (χ2n) is 4.82. The zero-order chi connectivity index (χ0) is 12.8. The average molecular weight is 249 g/mol. The summed E-state index contributed by atoms with van der Waals surface area (Å²) in [6.45, 7) is 1.45. The van der Waals surface area contributed by atoms with Gasteiger partial charge in [0.2, 0.25) is 0 Å². The van der Waals surface area contributed by atoms with E-state index in [1.54, 1.807) is 0 Å². The molecule has 1 heterocycles. The first kappa shape index (κ1) is 13.0. The number of carbonyl (C=O) groups is 1. The number of nitrogens with zero attached hydrogens (tertiary/aromatic N) is 2. The van der Waals surface area contributed by atoms with Gasteiger partial charge in [0.15, 0.2) is 0 Å². The van der Waals surface area contributed by atoms with Crippen LogP contribution in [0.3, 0.4) is 0 Å². The fourth-order valence-electron chi connectivity index (χ4n) is 2.46. The first-order valence-corrected chi connectivity index (χ1v) is 6.50. The molecule has 1 saturated carbocycles. The van der Waals surface area contributed by atoms with Gasteiger partial charge in [-0.2, -0.15) is 0 Å². The van der Waals surface area contributed by atoms with Gasteiger partial charge in [0, 0.05) is 12.7 Å². The van der Waals surface area contributed by atoms with Crippen LogP contribution in [0.5, 0.6) is 0 Å². The van der Waals surface area contributed by atoms with E-state index >= 15 is 0 Å². The second-order valence-corrected chi connectivity index (χ2v) is 4.82. The lowest BCUT2D eigenvalue weighted by atomic mass is 9.89. The van der Waals surface area contributed by atoms with E-state index in [1.165, 1.54) is 44.6 Å². The maximum absolute atomic E-state index is 11.0. The van der Waals surface area contributed by atoms with Gasteiger partial charge < -0.3 is 10.4 Å². The summed E-state index contributed by atoms with van der Waals surface area (Å²) in [6.07, 6.45) is 9.30. The summed E-state index contributed by atoms with van der Waals surface area (Å²) in [7, 11) is 0. The van der Waals surface area contributed by atoms with E-state index in [0.717, 1.165) is 12.5 Å². The summed E-state index contributed by atoms with van der Waals surface area (Å²) in [5.74, 6) is -0.237. The number of aromatic carboxylic acids is 1. The van der Waals surface area contributed by atoms with Gasteiger partial charge in [0.1, 0.15) is 11.9 Å². The maximum Gasteiger partial charge on any atom is 0.339 e. The summed E-state index contributed by atoms with van der Waals surface area (Å²) in [5.41, 5.74) is 0.752. The fraction of sp³-hybridized carbons (Fsp3) is 0.615. The van der Waals surface area contributed by atoms with Gasteiger partial charge in [-0.1, -0.05) is 19.3 Å². The van der Waals surface area contributed by atoms with Crippen LogP contribution >= 0.6 is 0 Å². The van der Waals surface area contributed by atoms with Crippen LogP contribution in [0.2, 0.25) is 0 Å². The van der Waals surface area contributed by atoms with Gasteiger partial charge >= 0.3 is 5.97 Å². The summed E-state index contributed by atoms with van der Waals surface area (Å²) in [6, 6.07) is 0. The number of aromatic nitrogens is 2. The predicted octanol–water partition coefficient (Wildman–Crippen LogP) is 1.84. The molecule has 2 rings (SSSR count). The lowest BCUT2D eigenvalue weighted by molar-refractivity contribution is 0.0694. The van der Waals surface area contributed by atoms with Crippen molar-refractivity contribution < 1.29 is 9.90 Å². The molecule has 0 radical (unpaired) electrons. The highest BCUT2D eigenvalue weighted by molar-refractivity contribution is 5.88. The molecule has 98 valence electrons. The Morgan fingerprint density at radius 1 is 1.39 bits per heavy atom. The van der Waals surface area contributed by atoms with Crippen LogP contribution in [-0.2, 0) is 6.54 Å². The van der Waals surface area contributed by atoms with Crippen molar-refractivity contribution in [1.82, 2.24) is 15.3 Å². The van der Waals surface area contributed by atoms with E-state index < -0.39 is 5.97 Å². The molecule has 1 aliphatic carbocycles. The summed E-state index contributed by atoms with van der Waals surface area (Å²) in [5, 5.41) is 12.3. The molecule has 1 fully saturated rings. The molecule has 1 aromatic rings. The number of hydrogen-bond donors (Lipinski definition) is 2. The molecule has 0 saturated heterocycles. The molecule has 0 spiro atoms. The maximum atomic E-state index is 11.0. The molecule has 2 N–H and O–H groups in total. The Morgan fingerprint density at radius 3 is 2.89 bits per heavy atom. The monoisotopic (exact) mass is 249 g/mol. The minimum Gasteiger partial charge on any atom is -0.478 e. The molecule has 0 amide bonds. The van der Waals surface area contributed by atoms with Gasteiger partial charge in [-0.3, -0.25) is 0 Å². The largest absolute Gasteiger partial charge is 0.478 e. The molecular weight excluding hydrogens is 230 g/mol. The Hall–Kier alpha value is -1.49. The van der Waals surface area contributed by atoms with Gasteiger partial charge in [0.25, 0.3) is 0 Å². The summed E-state index contributed by atoms with van der Waals surface area (Å²) >= 11 is 0. The van der Waals surface area contributed by atoms with E-state index in [9.17, 15) is 4.79 Å². The molecule has 1 aliphatic rings. The van der Waals surface area contributed by atoms with Crippen LogP contribution < -0.4 is 5.32 Å². The Morgan fingerprint density at radius 2 is 2.17 bits per heavy atom.